The van der Waals surface area contributed by atoms with Crippen molar-refractivity contribution in [2.75, 3.05) is 26.3 Å². The average Bonchev–Trinajstić information content (AvgIpc) is 2.53. The smallest absolute Gasteiger partial charge is 0.240 e. The summed E-state index contributed by atoms with van der Waals surface area (Å²) in [6.45, 7) is 2.96. The highest BCUT2D eigenvalue weighted by Gasteiger charge is 2.34. The molecule has 0 aromatic carbocycles. The number of nitrogens with zero attached hydrogens (tertiary/aromatic N) is 1. The highest BCUT2D eigenvalue weighted by atomic mass is 16.3. The number of carbonyl (C=O) groups is 1. The van der Waals surface area contributed by atoms with E-state index in [1.165, 1.54) is 0 Å². The minimum absolute atomic E-state index is 0.0139. The van der Waals surface area contributed by atoms with Crippen LogP contribution in [0.1, 0.15) is 13.3 Å². The molecule has 3 N–H and O–H groups in total. The van der Waals surface area contributed by atoms with Crippen molar-refractivity contribution in [3.8, 4) is 0 Å². The molecule has 0 spiro atoms. The van der Waals surface area contributed by atoms with Crippen LogP contribution in [0.5, 0.6) is 0 Å². The molecule has 0 bridgehead atoms. The van der Waals surface area contributed by atoms with E-state index in [0.717, 1.165) is 13.0 Å². The normalized spacial score (nSPS) is 22.4. The zero-order chi connectivity index (χ0) is 10.6. The molecule has 0 radical (unpaired) electrons. The van der Waals surface area contributed by atoms with Crippen molar-refractivity contribution in [3.63, 3.8) is 0 Å². The van der Waals surface area contributed by atoms with Crippen LogP contribution in [0.4, 0.5) is 0 Å². The summed E-state index contributed by atoms with van der Waals surface area (Å²) in [6.07, 6.45) is 0.753. The molecule has 1 aliphatic heterocycles. The van der Waals surface area contributed by atoms with Crippen LogP contribution in [0.15, 0.2) is 0 Å². The van der Waals surface area contributed by atoms with Crippen molar-refractivity contribution in [3.05, 3.63) is 0 Å². The SMILES string of the molecule is CCNC1CCN(C(CO)CO)C1=O. The Labute approximate surface area is 83.7 Å². The van der Waals surface area contributed by atoms with Gasteiger partial charge in [-0.3, -0.25) is 4.79 Å². The standard InChI is InChI=1S/C9H18N2O3/c1-2-10-8-3-4-11(9(8)14)7(5-12)6-13/h7-8,10,12-13H,2-6H2,1H3. The third-order valence-electron chi connectivity index (χ3n) is 2.55. The topological polar surface area (TPSA) is 72.8 Å². The zero-order valence-electron chi connectivity index (χ0n) is 8.44. The van der Waals surface area contributed by atoms with Gasteiger partial charge >= 0.3 is 0 Å². The Bertz CT molecular complexity index is 194. The van der Waals surface area contributed by atoms with Crippen molar-refractivity contribution in [2.24, 2.45) is 0 Å². The van der Waals surface area contributed by atoms with Crippen molar-refractivity contribution in [1.29, 1.82) is 0 Å². The van der Waals surface area contributed by atoms with E-state index >= 15 is 0 Å². The molecule has 5 heteroatoms. The lowest BCUT2D eigenvalue weighted by atomic mass is 10.2. The summed E-state index contributed by atoms with van der Waals surface area (Å²) in [4.78, 5) is 13.2. The lowest BCUT2D eigenvalue weighted by Gasteiger charge is -2.24. The van der Waals surface area contributed by atoms with Gasteiger partial charge in [0.2, 0.25) is 5.91 Å². The van der Waals surface area contributed by atoms with E-state index in [-0.39, 0.29) is 25.2 Å². The van der Waals surface area contributed by atoms with E-state index in [4.69, 9.17) is 10.2 Å². The van der Waals surface area contributed by atoms with Gasteiger partial charge in [-0.05, 0) is 13.0 Å². The Morgan fingerprint density at radius 1 is 1.57 bits per heavy atom. The van der Waals surface area contributed by atoms with Crippen molar-refractivity contribution in [2.45, 2.75) is 25.4 Å². The molecule has 0 aliphatic carbocycles. The predicted molar refractivity (Wildman–Crippen MR) is 51.8 cm³/mol. The second kappa shape index (κ2) is 5.29. The molecule has 1 saturated heterocycles. The van der Waals surface area contributed by atoms with Crippen LogP contribution in [0.25, 0.3) is 0 Å². The zero-order valence-corrected chi connectivity index (χ0v) is 8.44. The molecule has 0 saturated carbocycles. The molecule has 0 aromatic heterocycles. The van der Waals surface area contributed by atoms with Crippen molar-refractivity contribution in [1.82, 2.24) is 10.2 Å². The minimum atomic E-state index is -0.439. The molecule has 1 amide bonds. The number of hydrogen-bond donors (Lipinski definition) is 3. The fourth-order valence-corrected chi connectivity index (χ4v) is 1.76. The predicted octanol–water partition coefficient (Wildman–Crippen LogP) is -1.45. The molecule has 5 nitrogen and oxygen atoms in total. The van der Waals surface area contributed by atoms with Gasteiger partial charge in [0.05, 0.1) is 25.3 Å². The van der Waals surface area contributed by atoms with E-state index in [9.17, 15) is 4.79 Å². The monoisotopic (exact) mass is 202 g/mol. The number of nitrogens with one attached hydrogen (secondary N) is 1. The second-order valence-electron chi connectivity index (χ2n) is 3.45. The molecule has 14 heavy (non-hydrogen) atoms. The van der Waals surface area contributed by atoms with Gasteiger partial charge in [-0.1, -0.05) is 6.92 Å². The van der Waals surface area contributed by atoms with Gasteiger partial charge in [0.25, 0.3) is 0 Å². The third kappa shape index (κ3) is 2.23. The van der Waals surface area contributed by atoms with Gasteiger partial charge in [0.15, 0.2) is 0 Å². The molecular weight excluding hydrogens is 184 g/mol. The lowest BCUT2D eigenvalue weighted by molar-refractivity contribution is -0.133. The summed E-state index contributed by atoms with van der Waals surface area (Å²) in [5.74, 6) is -0.0139. The maximum atomic E-state index is 11.7. The second-order valence-corrected chi connectivity index (χ2v) is 3.45. The van der Waals surface area contributed by atoms with E-state index in [1.54, 1.807) is 4.90 Å². The number of likely N-dealkylation sites (tertiary alicyclic amines) is 1. The summed E-state index contributed by atoms with van der Waals surface area (Å²) in [6, 6.07) is -0.577. The lowest BCUT2D eigenvalue weighted by Crippen LogP contribution is -2.45. The summed E-state index contributed by atoms with van der Waals surface area (Å²) in [7, 11) is 0. The van der Waals surface area contributed by atoms with Gasteiger partial charge in [-0.25, -0.2) is 0 Å². The van der Waals surface area contributed by atoms with Crippen LogP contribution >= 0.6 is 0 Å². The van der Waals surface area contributed by atoms with Gasteiger partial charge < -0.3 is 20.4 Å². The molecule has 1 heterocycles. The van der Waals surface area contributed by atoms with Crippen LogP contribution in [-0.2, 0) is 4.79 Å². The summed E-state index contributed by atoms with van der Waals surface area (Å²) < 4.78 is 0. The Balaban J connectivity index is 2.53. The highest BCUT2D eigenvalue weighted by molar-refractivity contribution is 5.84. The summed E-state index contributed by atoms with van der Waals surface area (Å²) in [5, 5.41) is 21.0. The van der Waals surface area contributed by atoms with Crippen LogP contribution in [0, 0.1) is 0 Å². The molecule has 1 unspecified atom stereocenters. The first-order valence-corrected chi connectivity index (χ1v) is 5.00. The van der Waals surface area contributed by atoms with Crippen LogP contribution in [0.3, 0.4) is 0 Å². The van der Waals surface area contributed by atoms with Crippen LogP contribution < -0.4 is 5.32 Å². The van der Waals surface area contributed by atoms with Crippen LogP contribution in [-0.4, -0.2) is 59.4 Å². The first kappa shape index (κ1) is 11.4. The molecule has 1 rings (SSSR count). The first-order chi connectivity index (χ1) is 6.74. The fraction of sp³-hybridized carbons (Fsp3) is 0.889. The van der Waals surface area contributed by atoms with Gasteiger partial charge in [-0.15, -0.1) is 0 Å². The number of aliphatic hydroxyl groups is 2. The molecule has 0 aromatic rings. The number of carbonyl (C=O) groups excluding carboxylic acids is 1. The number of aliphatic hydroxyl groups excluding tert-OH is 2. The number of likely N-dealkylation sites (N-methyl/N-ethyl adjacent to an activating group) is 1. The molecule has 1 fully saturated rings. The van der Waals surface area contributed by atoms with Crippen molar-refractivity contribution >= 4 is 5.91 Å². The Kier molecular flexibility index (Phi) is 4.31. The summed E-state index contributed by atoms with van der Waals surface area (Å²) in [5.41, 5.74) is 0. The number of rotatable bonds is 5. The van der Waals surface area contributed by atoms with Crippen molar-refractivity contribution < 1.29 is 15.0 Å². The van der Waals surface area contributed by atoms with Gasteiger partial charge in [0.1, 0.15) is 0 Å². The van der Waals surface area contributed by atoms with E-state index in [1.807, 2.05) is 6.92 Å². The Morgan fingerprint density at radius 3 is 2.71 bits per heavy atom. The number of hydrogen-bond acceptors (Lipinski definition) is 4. The Morgan fingerprint density at radius 2 is 2.21 bits per heavy atom. The maximum Gasteiger partial charge on any atom is 0.240 e. The minimum Gasteiger partial charge on any atom is -0.394 e. The first-order valence-electron chi connectivity index (χ1n) is 5.00. The van der Waals surface area contributed by atoms with E-state index in [0.29, 0.717) is 6.54 Å². The molecule has 82 valence electrons. The molecular formula is C9H18N2O3. The van der Waals surface area contributed by atoms with E-state index < -0.39 is 6.04 Å². The van der Waals surface area contributed by atoms with Gasteiger partial charge in [0, 0.05) is 6.54 Å². The highest BCUT2D eigenvalue weighted by Crippen LogP contribution is 2.14. The fourth-order valence-electron chi connectivity index (χ4n) is 1.76. The van der Waals surface area contributed by atoms with Gasteiger partial charge in [-0.2, -0.15) is 0 Å². The van der Waals surface area contributed by atoms with Crippen LogP contribution in [0.2, 0.25) is 0 Å². The maximum absolute atomic E-state index is 11.7. The Hall–Kier alpha value is -0.650. The quantitative estimate of drug-likeness (QED) is 0.510. The summed E-state index contributed by atoms with van der Waals surface area (Å²) >= 11 is 0. The molecule has 1 atom stereocenters. The largest absolute Gasteiger partial charge is 0.394 e. The number of amides is 1. The third-order valence-corrected chi connectivity index (χ3v) is 2.55. The van der Waals surface area contributed by atoms with E-state index in [2.05, 4.69) is 5.32 Å². The molecule has 1 aliphatic rings. The average molecular weight is 202 g/mol.